The van der Waals surface area contributed by atoms with Crippen LogP contribution >= 0.6 is 0 Å². The van der Waals surface area contributed by atoms with Crippen molar-refractivity contribution in [2.75, 3.05) is 6.61 Å². The summed E-state index contributed by atoms with van der Waals surface area (Å²) in [5, 5.41) is 0. The van der Waals surface area contributed by atoms with Crippen LogP contribution in [0.1, 0.15) is 58.3 Å². The Morgan fingerprint density at radius 3 is 1.91 bits per heavy atom. The molecule has 16 radical (unpaired) electrons. The normalized spacial score (nSPS) is 35.8. The number of carbonyl (C=O) groups excluding carboxylic acids is 2. The molecule has 0 spiro atoms. The fraction of sp³-hybridized carbons (Fsp3) is 0.833. The molecule has 1 heterocycles. The van der Waals surface area contributed by atoms with E-state index in [2.05, 4.69) is 6.58 Å². The first-order valence-corrected chi connectivity index (χ1v) is 16.2. The first kappa shape index (κ1) is 36.5. The van der Waals surface area contributed by atoms with E-state index in [1.165, 1.54) is 0 Å². The predicted molar refractivity (Wildman–Crippen MR) is 187 cm³/mol. The molecule has 1 aliphatic heterocycles. The summed E-state index contributed by atoms with van der Waals surface area (Å²) in [6.45, 7) is 4.39. The van der Waals surface area contributed by atoms with Gasteiger partial charge in [-0.05, 0) is 56.8 Å². The van der Waals surface area contributed by atoms with E-state index in [4.69, 9.17) is 80.8 Å². The summed E-state index contributed by atoms with van der Waals surface area (Å²) < 4.78 is 50.3. The topological polar surface area (TPSA) is 71.1 Å². The van der Waals surface area contributed by atoms with Crippen molar-refractivity contribution in [1.29, 1.82) is 0 Å². The number of hydrogen-bond donors (Lipinski definition) is 0. The predicted octanol–water partition coefficient (Wildman–Crippen LogP) is -1.56. The summed E-state index contributed by atoms with van der Waals surface area (Å²) in [7, 11) is 44.1. The lowest BCUT2D eigenvalue weighted by atomic mass is 8.47. The Morgan fingerprint density at radius 1 is 0.891 bits per heavy atom. The second kappa shape index (κ2) is 13.5. The maximum atomic E-state index is 13.5. The van der Waals surface area contributed by atoms with Crippen molar-refractivity contribution in [3.8, 4) is 0 Å². The van der Waals surface area contributed by atoms with Gasteiger partial charge < -0.3 is 18.9 Å². The van der Waals surface area contributed by atoms with E-state index >= 15 is 0 Å². The fourth-order valence-electron chi connectivity index (χ4n) is 9.81. The van der Waals surface area contributed by atoms with Gasteiger partial charge in [-0.25, -0.2) is 9.59 Å². The molecule has 6 bridgehead atoms. The highest BCUT2D eigenvalue weighted by Crippen LogP contribution is 2.61. The first-order chi connectivity index (χ1) is 21.3. The summed E-state index contributed by atoms with van der Waals surface area (Å²) >= 11 is 0. The van der Waals surface area contributed by atoms with Gasteiger partial charge in [0.2, 0.25) is 0 Å². The molecule has 7 aliphatic rings. The number of esters is 2. The maximum absolute atomic E-state index is 13.5. The quantitative estimate of drug-likeness (QED) is 0.210. The average molecular weight is 604 g/mol. The van der Waals surface area contributed by atoms with Gasteiger partial charge in [-0.2, -0.15) is 8.78 Å². The second-order valence-corrected chi connectivity index (χ2v) is 14.9. The number of carbonyl (C=O) groups is 2. The van der Waals surface area contributed by atoms with E-state index in [1.807, 2.05) is 0 Å². The second-order valence-electron chi connectivity index (χ2n) is 14.9. The van der Waals surface area contributed by atoms with Crippen LogP contribution in [0.25, 0.3) is 0 Å². The van der Waals surface area contributed by atoms with Crippen molar-refractivity contribution in [1.82, 2.24) is 0 Å². The molecule has 7 fully saturated rings. The van der Waals surface area contributed by atoms with Crippen LogP contribution in [0.5, 0.6) is 0 Å². The number of allylic oxidation sites excluding steroid dienone is 1. The molecule has 6 aliphatic carbocycles. The zero-order valence-corrected chi connectivity index (χ0v) is 26.4. The van der Waals surface area contributed by atoms with Crippen molar-refractivity contribution in [3.05, 3.63) is 12.3 Å². The third kappa shape index (κ3) is 7.37. The highest BCUT2D eigenvalue weighted by Gasteiger charge is 2.63. The van der Waals surface area contributed by atoms with Gasteiger partial charge >= 0.3 is 17.9 Å². The van der Waals surface area contributed by atoms with Crippen LogP contribution < -0.4 is 0 Å². The fourth-order valence-corrected chi connectivity index (χ4v) is 9.81. The van der Waals surface area contributed by atoms with Crippen LogP contribution in [0.3, 0.4) is 0 Å². The van der Waals surface area contributed by atoms with Crippen molar-refractivity contribution >= 4 is 112 Å². The third-order valence-electron chi connectivity index (χ3n) is 11.2. The van der Waals surface area contributed by atoms with Gasteiger partial charge in [0.25, 0.3) is 0 Å². The molecule has 0 N–H and O–H groups in total. The van der Waals surface area contributed by atoms with Crippen LogP contribution in [0.15, 0.2) is 12.3 Å². The van der Waals surface area contributed by atoms with Crippen LogP contribution in [0, 0.1) is 29.6 Å². The molecule has 6 nitrogen and oxygen atoms in total. The van der Waals surface area contributed by atoms with E-state index in [-0.39, 0.29) is 30.7 Å². The molecule has 0 amide bonds. The average Bonchev–Trinajstić information content (AvgIpc) is 3.54. The summed E-state index contributed by atoms with van der Waals surface area (Å²) in [5.41, 5.74) is -1.54. The van der Waals surface area contributed by atoms with Gasteiger partial charge in [0.1, 0.15) is 24.4 Å². The molecule has 22 heteroatoms. The lowest BCUT2D eigenvalue weighted by Crippen LogP contribution is -2.72. The van der Waals surface area contributed by atoms with Crippen LogP contribution in [0.2, 0.25) is 0 Å². The largest absolute Gasteiger partial charge is 0.491 e. The molecule has 7 unspecified atom stereocenters. The van der Waals surface area contributed by atoms with Gasteiger partial charge in [0, 0.05) is 131 Å². The van der Waals surface area contributed by atoms with Gasteiger partial charge in [0.15, 0.2) is 0 Å². The monoisotopic (exact) mass is 606 g/mol. The molecule has 7 rings (SSSR count). The number of ether oxygens (including phenoxy) is 4. The zero-order chi connectivity index (χ0) is 33.9. The molecule has 218 valence electrons. The van der Waals surface area contributed by atoms with E-state index < -0.39 is 67.4 Å². The van der Waals surface area contributed by atoms with Gasteiger partial charge in [0.05, 0.1) is 11.4 Å². The van der Waals surface area contributed by atoms with Gasteiger partial charge in [-0.1, -0.05) is 6.58 Å². The molecule has 1 saturated heterocycles. The molecular weight excluding hydrogens is 574 g/mol. The van der Waals surface area contributed by atoms with Gasteiger partial charge in [-0.3, -0.25) is 0 Å². The zero-order valence-electron chi connectivity index (χ0n) is 26.4. The lowest BCUT2D eigenvalue weighted by molar-refractivity contribution is -0.245. The Bertz CT molecular complexity index is 1130. The first-order valence-electron chi connectivity index (χ1n) is 16.2. The Hall–Kier alpha value is -0.791. The van der Waals surface area contributed by atoms with E-state index in [0.717, 1.165) is 37.9 Å². The van der Waals surface area contributed by atoms with Gasteiger partial charge in [-0.15, -0.1) is 0 Å². The minimum atomic E-state index is -3.52. The van der Waals surface area contributed by atoms with Crippen LogP contribution in [0.4, 0.5) is 8.78 Å². The molecule has 7 atom stereocenters. The molecular formula is C24H30B14F2O6. The standard InChI is InChI=1S/C24H30F2O6.B14/c1-12-16-4-15-5-17(16)20(30-12)19(15)31-18(27)10-29-23-6-13-3-14(7-23)9-24(8-13,11-23)32-21(28)22(2,25)26;1-9(2)13(10(3)4)14(11(5)6)12(7)8/h13-17,19-20H,1,3-11H2,2H3;. The highest BCUT2D eigenvalue weighted by molar-refractivity contribution is 8.10. The summed E-state index contributed by atoms with van der Waals surface area (Å²) in [5.74, 6) is -2.95. The molecule has 6 saturated carbocycles. The Balaban J connectivity index is 0.000000254. The number of hydrogen-bond acceptors (Lipinski definition) is 6. The van der Waals surface area contributed by atoms with Crippen LogP contribution in [-0.2, 0) is 28.5 Å². The minimum Gasteiger partial charge on any atom is -0.491 e. The molecule has 0 aromatic rings. The smallest absolute Gasteiger partial charge is 0.377 e. The summed E-state index contributed by atoms with van der Waals surface area (Å²) in [6, 6.07) is 0. The van der Waals surface area contributed by atoms with Crippen molar-refractivity contribution in [2.45, 2.75) is 87.6 Å². The minimum absolute atomic E-state index is 0.0897. The molecule has 0 aromatic heterocycles. The van der Waals surface area contributed by atoms with E-state index in [9.17, 15) is 18.4 Å². The molecule has 46 heavy (non-hydrogen) atoms. The summed E-state index contributed by atoms with van der Waals surface area (Å²) in [4.78, 5) is 24.7. The Kier molecular flexibility index (Phi) is 10.7. The van der Waals surface area contributed by atoms with E-state index in [1.54, 1.807) is 0 Å². The Morgan fingerprint density at radius 2 is 1.41 bits per heavy atom. The number of rotatable bonds is 11. The van der Waals surface area contributed by atoms with Crippen LogP contribution in [-0.4, -0.2) is 148 Å². The highest BCUT2D eigenvalue weighted by atomic mass is 19.3. The number of halogens is 2. The number of fused-ring (bicyclic) bond motifs is 1. The van der Waals surface area contributed by atoms with E-state index in [0.29, 0.717) is 43.9 Å². The summed E-state index contributed by atoms with van der Waals surface area (Å²) in [6.07, 6.45) is 1.63. The Labute approximate surface area is 284 Å². The molecule has 0 aromatic carbocycles. The van der Waals surface area contributed by atoms with Crippen molar-refractivity contribution in [3.63, 3.8) is 0 Å². The SMILES string of the molecule is C=C1OC2C3CC(CC13)C2OC(=O)COC12CC3CC(C1)CC(OC(=O)C(C)(F)F)(C3)C2.[B]B([B])B(B([B])[B])B(B([B])[B])B([B])[B]. The van der Waals surface area contributed by atoms with Crippen molar-refractivity contribution < 1.29 is 37.3 Å². The number of alkyl halides is 2. The van der Waals surface area contributed by atoms with Crippen molar-refractivity contribution in [2.24, 2.45) is 29.6 Å². The maximum Gasteiger partial charge on any atom is 0.377 e. The lowest BCUT2D eigenvalue weighted by Gasteiger charge is -2.60. The third-order valence-corrected chi connectivity index (χ3v) is 11.2.